The first-order valence-electron chi connectivity index (χ1n) is 2.95. The van der Waals surface area contributed by atoms with Crippen LogP contribution in [0.2, 0.25) is 0 Å². The van der Waals surface area contributed by atoms with Gasteiger partial charge in [-0.05, 0) is 6.92 Å². The molecule has 0 saturated carbocycles. The molecule has 0 atom stereocenters. The number of phosphoric acid groups is 1. The van der Waals surface area contributed by atoms with Gasteiger partial charge < -0.3 is 48.2 Å². The largest absolute Gasteiger partial charge is 3.00 e. The topological polar surface area (TPSA) is 211 Å². The zero-order chi connectivity index (χ0) is 13.1. The van der Waals surface area contributed by atoms with Crippen LogP contribution in [-0.4, -0.2) is 6.61 Å². The molecule has 0 aliphatic heterocycles. The first-order valence-corrected chi connectivity index (χ1v) is 6.86. The summed E-state index contributed by atoms with van der Waals surface area (Å²) in [6.07, 6.45) is 0. The monoisotopic (exact) mass is 396 g/mol. The van der Waals surface area contributed by atoms with Gasteiger partial charge in [0.25, 0.3) is 0 Å². The van der Waals surface area contributed by atoms with Crippen LogP contribution in [0.3, 0.4) is 0 Å². The number of rotatable bonds is 2. The number of hydrogen-bond acceptors (Lipinski definition) is 10. The third-order valence-electron chi connectivity index (χ3n) is 0.287. The summed E-state index contributed by atoms with van der Waals surface area (Å²) in [6.45, 7) is 1.35. The summed E-state index contributed by atoms with van der Waals surface area (Å²) in [5, 5.41) is 0. The SMILES string of the molecule is CCOP(=O)([O-])[O-].[Fe+3].[Fe+3].[O-][PH+]([O-])[O-].[O-][PH+]([O-])[O-]. The minimum absolute atomic E-state index is 0. The fourth-order valence-electron chi connectivity index (χ4n) is 0.158. The third kappa shape index (κ3) is 133. The quantitative estimate of drug-likeness (QED) is 0.318. The standard InChI is InChI=1S/C2H7O4P.2Fe.2HO3P/c1-2-6-7(3,4)5;;;2*1-4(2)3/h2H2,1H3,(H2,3,4,5);;;2*4H/q;2*+3;2*-2/p-2. The molecule has 10 nitrogen and oxygen atoms in total. The molecule has 0 heterocycles. The van der Waals surface area contributed by atoms with E-state index in [9.17, 15) is 14.4 Å². The zero-order valence-electron chi connectivity index (χ0n) is 7.94. The molecule has 0 aliphatic rings. The van der Waals surface area contributed by atoms with Crippen LogP contribution in [0.1, 0.15) is 6.92 Å². The van der Waals surface area contributed by atoms with Crippen molar-refractivity contribution in [1.82, 2.24) is 0 Å². The minimum Gasteiger partial charge on any atom is -0.790 e. The molecule has 0 aromatic carbocycles. The maximum Gasteiger partial charge on any atom is 3.00 e. The molecule has 0 unspecified atom stereocenters. The normalized spacial score (nSPS) is 9.12. The minimum atomic E-state index is -4.67. The van der Waals surface area contributed by atoms with E-state index in [4.69, 9.17) is 29.4 Å². The molecule has 0 aromatic rings. The van der Waals surface area contributed by atoms with E-state index in [1.807, 2.05) is 0 Å². The van der Waals surface area contributed by atoms with E-state index in [1.54, 1.807) is 0 Å². The fourth-order valence-corrected chi connectivity index (χ4v) is 0.474. The van der Waals surface area contributed by atoms with Gasteiger partial charge in [-0.15, -0.1) is 0 Å². The Morgan fingerprint density at radius 1 is 0.941 bits per heavy atom. The van der Waals surface area contributed by atoms with Crippen LogP contribution >= 0.6 is 25.0 Å². The van der Waals surface area contributed by atoms with Crippen LogP contribution in [0.4, 0.5) is 0 Å². The first-order chi connectivity index (χ1) is 6.52. The Morgan fingerprint density at radius 3 is 1.12 bits per heavy atom. The molecule has 0 aromatic heterocycles. The Bertz CT molecular complexity index is 150. The van der Waals surface area contributed by atoms with Gasteiger partial charge in [-0.3, -0.25) is 0 Å². The van der Waals surface area contributed by atoms with E-state index in [0.717, 1.165) is 0 Å². The van der Waals surface area contributed by atoms with Gasteiger partial charge in [0, 0.05) is 6.61 Å². The molecule has 106 valence electrons. The van der Waals surface area contributed by atoms with Gasteiger partial charge in [-0.25, -0.2) is 0 Å². The van der Waals surface area contributed by atoms with Crippen molar-refractivity contribution in [2.24, 2.45) is 0 Å². The average molecular weight is 396 g/mol. The van der Waals surface area contributed by atoms with E-state index in [2.05, 4.69) is 4.52 Å². The van der Waals surface area contributed by atoms with Gasteiger partial charge >= 0.3 is 34.1 Å². The molecular weight excluding hydrogens is 389 g/mol. The Morgan fingerprint density at radius 2 is 1.12 bits per heavy atom. The van der Waals surface area contributed by atoms with Crippen molar-refractivity contribution in [2.45, 2.75) is 6.92 Å². The molecule has 0 aliphatic carbocycles. The predicted molar refractivity (Wildman–Crippen MR) is 35.9 cm³/mol. The summed E-state index contributed by atoms with van der Waals surface area (Å²) in [7, 11) is -11.9. The van der Waals surface area contributed by atoms with E-state index >= 15 is 0 Å². The van der Waals surface area contributed by atoms with Gasteiger partial charge in [-0.2, -0.15) is 17.2 Å². The van der Waals surface area contributed by atoms with Crippen LogP contribution in [0.25, 0.3) is 0 Å². The summed E-state index contributed by atoms with van der Waals surface area (Å²) in [5.74, 6) is 0. The van der Waals surface area contributed by atoms with Gasteiger partial charge in [-0.1, -0.05) is 0 Å². The van der Waals surface area contributed by atoms with E-state index in [1.165, 1.54) is 6.92 Å². The summed E-state index contributed by atoms with van der Waals surface area (Å²) >= 11 is 0. The van der Waals surface area contributed by atoms with Crippen molar-refractivity contribution in [3.8, 4) is 0 Å². The van der Waals surface area contributed by atoms with Crippen LogP contribution in [-0.2, 0) is 43.2 Å². The Labute approximate surface area is 121 Å². The molecule has 0 saturated heterocycles. The molecule has 0 bridgehead atoms. The maximum absolute atomic E-state index is 9.48. The van der Waals surface area contributed by atoms with Gasteiger partial charge in [0.15, 0.2) is 0 Å². The molecule has 0 N–H and O–H groups in total. The van der Waals surface area contributed by atoms with Crippen LogP contribution in [0, 0.1) is 0 Å². The molecule has 17 heavy (non-hydrogen) atoms. The second-order valence-corrected chi connectivity index (χ2v) is 3.52. The van der Waals surface area contributed by atoms with Crippen LogP contribution in [0.15, 0.2) is 0 Å². The van der Waals surface area contributed by atoms with Crippen molar-refractivity contribution in [3.05, 3.63) is 0 Å². The zero-order valence-corrected chi connectivity index (χ0v) is 13.0. The van der Waals surface area contributed by atoms with Gasteiger partial charge in [0.1, 0.15) is 0 Å². The summed E-state index contributed by atoms with van der Waals surface area (Å²) in [5.41, 5.74) is 0. The first kappa shape index (κ1) is 31.3. The Hall–Kier alpha value is 1.77. The maximum atomic E-state index is 9.48. The van der Waals surface area contributed by atoms with Crippen molar-refractivity contribution in [1.29, 1.82) is 0 Å². The van der Waals surface area contributed by atoms with E-state index in [0.29, 0.717) is 0 Å². The van der Waals surface area contributed by atoms with Crippen molar-refractivity contribution in [2.75, 3.05) is 6.61 Å². The van der Waals surface area contributed by atoms with Crippen molar-refractivity contribution in [3.63, 3.8) is 0 Å². The number of hydrogen-bond donors (Lipinski definition) is 0. The number of phosphoric ester groups is 1. The molecule has 0 fully saturated rings. The smallest absolute Gasteiger partial charge is 0.790 e. The molecule has 0 amide bonds. The second-order valence-electron chi connectivity index (χ2n) is 1.36. The van der Waals surface area contributed by atoms with E-state index < -0.39 is 25.0 Å². The van der Waals surface area contributed by atoms with Gasteiger partial charge in [0.2, 0.25) is 0 Å². The molecule has 0 spiro atoms. The van der Waals surface area contributed by atoms with Crippen LogP contribution < -0.4 is 39.1 Å². The third-order valence-corrected chi connectivity index (χ3v) is 0.862. The molecule has 2 radical (unpaired) electrons. The Kier molecular flexibility index (Phi) is 36.9. The predicted octanol–water partition coefficient (Wildman–Crippen LogP) is -7.10. The second kappa shape index (κ2) is 20.1. The van der Waals surface area contributed by atoms with Crippen molar-refractivity contribution < 1.29 is 82.4 Å². The van der Waals surface area contributed by atoms with Crippen molar-refractivity contribution >= 4 is 25.0 Å². The van der Waals surface area contributed by atoms with Gasteiger partial charge in [0.05, 0.1) is 7.82 Å². The fraction of sp³-hybridized carbons (Fsp3) is 1.00. The van der Waals surface area contributed by atoms with Crippen LogP contribution in [0.5, 0.6) is 0 Å². The average Bonchev–Trinajstić information content (AvgIpc) is 1.79. The molecular formula is C2H7Fe2O10P3. The summed E-state index contributed by atoms with van der Waals surface area (Å²) in [6, 6.07) is 0. The molecule has 15 heteroatoms. The summed E-state index contributed by atoms with van der Waals surface area (Å²) in [4.78, 5) is 70.1. The van der Waals surface area contributed by atoms with E-state index in [-0.39, 0.29) is 40.7 Å². The molecule has 0 rings (SSSR count). The summed E-state index contributed by atoms with van der Waals surface area (Å²) < 4.78 is 13.2. The Balaban J connectivity index is -0.0000000425.